The van der Waals surface area contributed by atoms with E-state index in [9.17, 15) is 24.8 Å². The quantitative estimate of drug-likeness (QED) is 0.425. The fourth-order valence-electron chi connectivity index (χ4n) is 1.96. The van der Waals surface area contributed by atoms with Gasteiger partial charge in [-0.15, -0.1) is 0 Å². The zero-order valence-electron chi connectivity index (χ0n) is 10.7. The molecule has 2 unspecified atom stereocenters. The fourth-order valence-corrected chi connectivity index (χ4v) is 1.96. The highest BCUT2D eigenvalue weighted by molar-refractivity contribution is 5.96. The van der Waals surface area contributed by atoms with Crippen LogP contribution in [0.1, 0.15) is 12.8 Å². The van der Waals surface area contributed by atoms with Gasteiger partial charge in [0, 0.05) is 6.07 Å². The van der Waals surface area contributed by atoms with Crippen molar-refractivity contribution in [2.45, 2.75) is 25.0 Å². The molecule has 1 aromatic rings. The SMILES string of the molecule is O=C(O)C1CCC(C(=O)Nc2ccc([N+](=O)[O-])cc2O)O1. The van der Waals surface area contributed by atoms with Crippen molar-refractivity contribution in [3.05, 3.63) is 28.3 Å². The lowest BCUT2D eigenvalue weighted by Gasteiger charge is -2.12. The molecule has 1 aliphatic rings. The van der Waals surface area contributed by atoms with Crippen molar-refractivity contribution in [3.8, 4) is 5.75 Å². The number of non-ortho nitro benzene ring substituents is 1. The van der Waals surface area contributed by atoms with Gasteiger partial charge >= 0.3 is 5.97 Å². The number of carboxylic acid groups (broad SMARTS) is 1. The standard InChI is InChI=1S/C12H12N2O7/c15-8-5-6(14(19)20)1-2-7(8)13-11(16)9-3-4-10(21-9)12(17)18/h1-2,5,9-10,15H,3-4H2,(H,13,16)(H,17,18). The summed E-state index contributed by atoms with van der Waals surface area (Å²) in [6.45, 7) is 0. The van der Waals surface area contributed by atoms with Crippen LogP contribution in [0.15, 0.2) is 18.2 Å². The number of aliphatic carboxylic acids is 1. The van der Waals surface area contributed by atoms with Gasteiger partial charge in [-0.2, -0.15) is 0 Å². The number of ether oxygens (including phenoxy) is 1. The highest BCUT2D eigenvalue weighted by Crippen LogP contribution is 2.29. The first-order valence-corrected chi connectivity index (χ1v) is 6.05. The van der Waals surface area contributed by atoms with Crippen molar-refractivity contribution in [2.75, 3.05) is 5.32 Å². The van der Waals surface area contributed by atoms with E-state index in [0.29, 0.717) is 0 Å². The molecule has 0 aromatic heterocycles. The van der Waals surface area contributed by atoms with E-state index in [1.807, 2.05) is 0 Å². The molecule has 1 fully saturated rings. The Morgan fingerprint density at radius 2 is 2.00 bits per heavy atom. The molecule has 0 bridgehead atoms. The number of nitro benzene ring substituents is 1. The number of anilines is 1. The normalized spacial score (nSPS) is 21.0. The van der Waals surface area contributed by atoms with Crippen LogP contribution in [0.5, 0.6) is 5.75 Å². The molecule has 9 heteroatoms. The Balaban J connectivity index is 2.03. The van der Waals surface area contributed by atoms with Crippen molar-refractivity contribution in [1.29, 1.82) is 0 Å². The van der Waals surface area contributed by atoms with Gasteiger partial charge in [-0.05, 0) is 18.9 Å². The van der Waals surface area contributed by atoms with Gasteiger partial charge in [0.2, 0.25) is 0 Å². The minimum Gasteiger partial charge on any atom is -0.506 e. The third-order valence-corrected chi connectivity index (χ3v) is 3.04. The summed E-state index contributed by atoms with van der Waals surface area (Å²) in [5.41, 5.74) is -0.318. The topological polar surface area (TPSA) is 139 Å². The molecule has 0 radical (unpaired) electrons. The summed E-state index contributed by atoms with van der Waals surface area (Å²) >= 11 is 0. The van der Waals surface area contributed by atoms with E-state index in [2.05, 4.69) is 5.32 Å². The number of nitrogens with zero attached hydrogens (tertiary/aromatic N) is 1. The Morgan fingerprint density at radius 3 is 2.52 bits per heavy atom. The summed E-state index contributed by atoms with van der Waals surface area (Å²) in [4.78, 5) is 32.5. The Hall–Kier alpha value is -2.68. The Bertz CT molecular complexity index is 601. The van der Waals surface area contributed by atoms with E-state index >= 15 is 0 Å². The van der Waals surface area contributed by atoms with Crippen LogP contribution in [-0.2, 0) is 14.3 Å². The summed E-state index contributed by atoms with van der Waals surface area (Å²) in [5, 5.41) is 31.3. The first-order valence-electron chi connectivity index (χ1n) is 6.05. The van der Waals surface area contributed by atoms with Gasteiger partial charge in [0.25, 0.3) is 11.6 Å². The lowest BCUT2D eigenvalue weighted by atomic mass is 10.2. The maximum atomic E-state index is 11.9. The number of nitro groups is 1. The maximum Gasteiger partial charge on any atom is 0.332 e. The number of hydrogen-bond donors (Lipinski definition) is 3. The number of carbonyl (C=O) groups excluding carboxylic acids is 1. The Labute approximate surface area is 118 Å². The van der Waals surface area contributed by atoms with Crippen molar-refractivity contribution in [3.63, 3.8) is 0 Å². The summed E-state index contributed by atoms with van der Waals surface area (Å²) in [7, 11) is 0. The van der Waals surface area contributed by atoms with E-state index in [1.54, 1.807) is 0 Å². The fraction of sp³-hybridized carbons (Fsp3) is 0.333. The van der Waals surface area contributed by atoms with E-state index in [-0.39, 0.29) is 24.2 Å². The van der Waals surface area contributed by atoms with Gasteiger partial charge in [0.15, 0.2) is 6.10 Å². The molecule has 1 saturated heterocycles. The summed E-state index contributed by atoms with van der Waals surface area (Å²) in [5.74, 6) is -2.20. The number of rotatable bonds is 4. The van der Waals surface area contributed by atoms with Gasteiger partial charge < -0.3 is 20.3 Å². The lowest BCUT2D eigenvalue weighted by Crippen LogP contribution is -2.29. The number of nitrogens with one attached hydrogen (secondary N) is 1. The van der Waals surface area contributed by atoms with E-state index in [4.69, 9.17) is 9.84 Å². The van der Waals surface area contributed by atoms with E-state index in [0.717, 1.165) is 12.1 Å². The first-order chi connectivity index (χ1) is 9.88. The summed E-state index contributed by atoms with van der Waals surface area (Å²) in [6.07, 6.45) is -1.48. The minimum absolute atomic E-state index is 0.00650. The third-order valence-electron chi connectivity index (χ3n) is 3.04. The molecule has 2 rings (SSSR count). The van der Waals surface area contributed by atoms with Crippen LogP contribution >= 0.6 is 0 Å². The second-order valence-corrected chi connectivity index (χ2v) is 4.48. The number of amides is 1. The molecule has 3 N–H and O–H groups in total. The first kappa shape index (κ1) is 14.7. The predicted octanol–water partition coefficient (Wildman–Crippen LogP) is 0.871. The van der Waals surface area contributed by atoms with Gasteiger partial charge in [-0.3, -0.25) is 14.9 Å². The molecule has 112 valence electrons. The maximum absolute atomic E-state index is 11.9. The second-order valence-electron chi connectivity index (χ2n) is 4.48. The number of carbonyl (C=O) groups is 2. The average Bonchev–Trinajstić information content (AvgIpc) is 2.90. The third kappa shape index (κ3) is 3.26. The van der Waals surface area contributed by atoms with Crippen molar-refractivity contribution >= 4 is 23.3 Å². The molecule has 0 saturated carbocycles. The Kier molecular flexibility index (Phi) is 4.03. The van der Waals surface area contributed by atoms with Gasteiger partial charge in [-0.1, -0.05) is 0 Å². The minimum atomic E-state index is -1.14. The van der Waals surface area contributed by atoms with Crippen molar-refractivity contribution in [1.82, 2.24) is 0 Å². The number of aromatic hydroxyl groups is 1. The smallest absolute Gasteiger partial charge is 0.332 e. The molecule has 9 nitrogen and oxygen atoms in total. The van der Waals surface area contributed by atoms with Gasteiger partial charge in [0.05, 0.1) is 16.7 Å². The molecular weight excluding hydrogens is 284 g/mol. The largest absolute Gasteiger partial charge is 0.506 e. The zero-order chi connectivity index (χ0) is 15.6. The number of hydrogen-bond acceptors (Lipinski definition) is 6. The van der Waals surface area contributed by atoms with E-state index in [1.165, 1.54) is 6.07 Å². The average molecular weight is 296 g/mol. The van der Waals surface area contributed by atoms with Crippen LogP contribution in [0.2, 0.25) is 0 Å². The van der Waals surface area contributed by atoms with Crippen LogP contribution in [0.25, 0.3) is 0 Å². The molecular formula is C12H12N2O7. The van der Waals surface area contributed by atoms with Crippen LogP contribution in [0.4, 0.5) is 11.4 Å². The van der Waals surface area contributed by atoms with E-state index < -0.39 is 34.8 Å². The number of benzene rings is 1. The molecule has 1 aliphatic heterocycles. The number of phenolic OH excluding ortho intramolecular Hbond substituents is 1. The monoisotopic (exact) mass is 296 g/mol. The van der Waals surface area contributed by atoms with Crippen LogP contribution in [-0.4, -0.2) is 39.2 Å². The second kappa shape index (κ2) is 5.75. The van der Waals surface area contributed by atoms with Crippen LogP contribution in [0.3, 0.4) is 0 Å². The van der Waals surface area contributed by atoms with Crippen molar-refractivity contribution in [2.24, 2.45) is 0 Å². The molecule has 1 heterocycles. The lowest BCUT2D eigenvalue weighted by molar-refractivity contribution is -0.384. The molecule has 2 atom stereocenters. The zero-order valence-corrected chi connectivity index (χ0v) is 10.7. The van der Waals surface area contributed by atoms with Crippen molar-refractivity contribution < 1.29 is 29.5 Å². The van der Waals surface area contributed by atoms with Crippen LogP contribution in [0, 0.1) is 10.1 Å². The van der Waals surface area contributed by atoms with Crippen LogP contribution < -0.4 is 5.32 Å². The molecule has 21 heavy (non-hydrogen) atoms. The molecule has 0 aliphatic carbocycles. The summed E-state index contributed by atoms with van der Waals surface area (Å²) in [6, 6.07) is 3.23. The predicted molar refractivity (Wildman–Crippen MR) is 68.9 cm³/mol. The van der Waals surface area contributed by atoms with Gasteiger partial charge in [-0.25, -0.2) is 4.79 Å². The Morgan fingerprint density at radius 1 is 1.33 bits per heavy atom. The highest BCUT2D eigenvalue weighted by atomic mass is 16.6. The highest BCUT2D eigenvalue weighted by Gasteiger charge is 2.34. The van der Waals surface area contributed by atoms with Gasteiger partial charge in [0.1, 0.15) is 11.9 Å². The summed E-state index contributed by atoms with van der Waals surface area (Å²) < 4.78 is 5.06. The number of phenols is 1. The molecule has 0 spiro atoms. The molecule has 1 amide bonds. The molecule has 1 aromatic carbocycles. The number of carboxylic acids is 1.